The highest BCUT2D eigenvalue weighted by Crippen LogP contribution is 2.26. The Balaban J connectivity index is 1.51. The zero-order valence-electron chi connectivity index (χ0n) is 19.1. The van der Waals surface area contributed by atoms with E-state index in [9.17, 15) is 14.4 Å². The van der Waals surface area contributed by atoms with Gasteiger partial charge in [0.05, 0.1) is 25.4 Å². The van der Waals surface area contributed by atoms with Gasteiger partial charge < -0.3 is 25.6 Å². The number of nitrogens with one attached hydrogen (secondary N) is 2. The van der Waals surface area contributed by atoms with Gasteiger partial charge in [0.25, 0.3) is 5.91 Å². The summed E-state index contributed by atoms with van der Waals surface area (Å²) in [4.78, 5) is 48.0. The number of ether oxygens (including phenoxy) is 1. The van der Waals surface area contributed by atoms with Gasteiger partial charge in [-0.05, 0) is 17.7 Å². The minimum atomic E-state index is -0.784. The average molecular weight is 496 g/mol. The summed E-state index contributed by atoms with van der Waals surface area (Å²) in [6.45, 7) is 2.16. The lowest BCUT2D eigenvalue weighted by Gasteiger charge is -2.26. The number of methoxy groups -OCH3 is 1. The highest BCUT2D eigenvalue weighted by molar-refractivity contribution is 7.99. The average Bonchev–Trinajstić information content (AvgIpc) is 3.18. The van der Waals surface area contributed by atoms with Crippen LogP contribution in [0.25, 0.3) is 0 Å². The number of rotatable bonds is 6. The Hall–Kier alpha value is -3.98. The van der Waals surface area contributed by atoms with Crippen LogP contribution in [0.15, 0.2) is 24.4 Å². The second-order valence-corrected chi connectivity index (χ2v) is 9.06. The van der Waals surface area contributed by atoms with E-state index in [-0.39, 0.29) is 24.7 Å². The van der Waals surface area contributed by atoms with Gasteiger partial charge in [0, 0.05) is 36.7 Å². The standard InChI is InChI=1S/C23H25N7O4S/c1-34-18-5-3-16-12-30(21(32)19(16)10-18)13-17(27-23(33)26-14-31)4-2-15-11-25-22(28-20(15)24)29-6-8-35-9-7-29/h3,5,10-11,14,17H,6-9,12-13H2,1H3,(H2,24,25,28)(H2,26,27,31,33)/t17-/m1/s1. The number of carbonyl (C=O) groups excluding carboxylic acids is 3. The maximum atomic E-state index is 12.9. The number of nitrogens with zero attached hydrogens (tertiary/aromatic N) is 4. The number of nitrogen functional groups attached to an aromatic ring is 1. The van der Waals surface area contributed by atoms with Crippen LogP contribution in [-0.2, 0) is 11.3 Å². The quantitative estimate of drug-likeness (QED) is 0.384. The molecule has 2 aliphatic rings. The molecule has 0 spiro atoms. The third kappa shape index (κ3) is 5.75. The molecular weight excluding hydrogens is 470 g/mol. The largest absolute Gasteiger partial charge is 0.497 e. The summed E-state index contributed by atoms with van der Waals surface area (Å²) in [5, 5.41) is 4.62. The number of hydrogen-bond acceptors (Lipinski definition) is 9. The number of hydrogen-bond donors (Lipinski definition) is 3. The summed E-state index contributed by atoms with van der Waals surface area (Å²) in [6, 6.07) is 3.80. The van der Waals surface area contributed by atoms with Gasteiger partial charge in [0.15, 0.2) is 0 Å². The van der Waals surface area contributed by atoms with Gasteiger partial charge in [-0.2, -0.15) is 16.7 Å². The number of amides is 4. The summed E-state index contributed by atoms with van der Waals surface area (Å²) < 4.78 is 5.21. The van der Waals surface area contributed by atoms with Gasteiger partial charge in [0.2, 0.25) is 12.4 Å². The van der Waals surface area contributed by atoms with Crippen molar-refractivity contribution in [1.29, 1.82) is 0 Å². The van der Waals surface area contributed by atoms with Crippen molar-refractivity contribution in [1.82, 2.24) is 25.5 Å². The summed E-state index contributed by atoms with van der Waals surface area (Å²) in [5.74, 6) is 9.02. The van der Waals surface area contributed by atoms with Gasteiger partial charge in [-0.15, -0.1) is 0 Å². The molecule has 2 aliphatic heterocycles. The lowest BCUT2D eigenvalue weighted by molar-refractivity contribution is -0.108. The minimum absolute atomic E-state index is 0.0966. The molecule has 1 aromatic heterocycles. The Morgan fingerprint density at radius 1 is 1.37 bits per heavy atom. The Kier molecular flexibility index (Phi) is 7.57. The maximum Gasteiger partial charge on any atom is 0.322 e. The summed E-state index contributed by atoms with van der Waals surface area (Å²) in [6.07, 6.45) is 1.82. The molecule has 182 valence electrons. The maximum absolute atomic E-state index is 12.9. The smallest absolute Gasteiger partial charge is 0.322 e. The molecule has 4 rings (SSSR count). The molecule has 1 fully saturated rings. The fourth-order valence-electron chi connectivity index (χ4n) is 3.78. The molecule has 3 heterocycles. The summed E-state index contributed by atoms with van der Waals surface area (Å²) >= 11 is 1.88. The third-order valence-electron chi connectivity index (χ3n) is 5.57. The summed E-state index contributed by atoms with van der Waals surface area (Å²) in [5.41, 5.74) is 7.92. The molecule has 1 atom stereocenters. The molecule has 1 aromatic carbocycles. The zero-order valence-corrected chi connectivity index (χ0v) is 19.9. The van der Waals surface area contributed by atoms with Crippen molar-refractivity contribution in [3.63, 3.8) is 0 Å². The van der Waals surface area contributed by atoms with Crippen LogP contribution in [0.5, 0.6) is 5.75 Å². The van der Waals surface area contributed by atoms with Crippen molar-refractivity contribution in [2.45, 2.75) is 12.6 Å². The molecule has 1 saturated heterocycles. The normalized spacial score (nSPS) is 15.5. The van der Waals surface area contributed by atoms with Crippen molar-refractivity contribution in [2.24, 2.45) is 0 Å². The van der Waals surface area contributed by atoms with Crippen LogP contribution in [-0.4, -0.2) is 77.5 Å². The number of urea groups is 1. The Labute approximate surface area is 206 Å². The Morgan fingerprint density at radius 3 is 2.89 bits per heavy atom. The number of anilines is 2. The molecular formula is C23H25N7O4S. The van der Waals surface area contributed by atoms with E-state index in [1.807, 2.05) is 23.1 Å². The zero-order chi connectivity index (χ0) is 24.8. The first kappa shape index (κ1) is 24.2. The number of thioether (sulfide) groups is 1. The van der Waals surface area contributed by atoms with Gasteiger partial charge in [-0.1, -0.05) is 17.9 Å². The van der Waals surface area contributed by atoms with Crippen LogP contribution in [0.4, 0.5) is 16.6 Å². The Morgan fingerprint density at radius 2 is 2.17 bits per heavy atom. The highest BCUT2D eigenvalue weighted by atomic mass is 32.2. The number of imide groups is 1. The van der Waals surface area contributed by atoms with Crippen molar-refractivity contribution in [3.05, 3.63) is 41.1 Å². The molecule has 0 aliphatic carbocycles. The molecule has 0 unspecified atom stereocenters. The minimum Gasteiger partial charge on any atom is -0.497 e. The fourth-order valence-corrected chi connectivity index (χ4v) is 4.68. The fraction of sp³-hybridized carbons (Fsp3) is 0.348. The van der Waals surface area contributed by atoms with Crippen LogP contribution in [0.2, 0.25) is 0 Å². The van der Waals surface area contributed by atoms with Crippen molar-refractivity contribution >= 4 is 41.9 Å². The van der Waals surface area contributed by atoms with Gasteiger partial charge >= 0.3 is 6.03 Å². The van der Waals surface area contributed by atoms with E-state index >= 15 is 0 Å². The van der Waals surface area contributed by atoms with Crippen molar-refractivity contribution < 1.29 is 19.1 Å². The van der Waals surface area contributed by atoms with E-state index < -0.39 is 12.1 Å². The van der Waals surface area contributed by atoms with Crippen LogP contribution >= 0.6 is 11.8 Å². The van der Waals surface area contributed by atoms with Crippen LogP contribution in [0.3, 0.4) is 0 Å². The Bertz CT molecular complexity index is 1190. The molecule has 0 bridgehead atoms. The van der Waals surface area contributed by atoms with E-state index in [1.165, 1.54) is 7.11 Å². The first-order chi connectivity index (χ1) is 17.0. The monoisotopic (exact) mass is 495 g/mol. The molecule has 35 heavy (non-hydrogen) atoms. The van der Waals surface area contributed by atoms with Gasteiger partial charge in [-0.3, -0.25) is 14.9 Å². The van der Waals surface area contributed by atoms with E-state index in [0.29, 0.717) is 29.4 Å². The molecule has 12 heteroatoms. The predicted octanol–water partition coefficient (Wildman–Crippen LogP) is 0.452. The van der Waals surface area contributed by atoms with Crippen LogP contribution < -0.4 is 26.0 Å². The van der Waals surface area contributed by atoms with Gasteiger partial charge in [-0.25, -0.2) is 9.78 Å². The van der Waals surface area contributed by atoms with E-state index in [1.54, 1.807) is 23.2 Å². The second-order valence-electron chi connectivity index (χ2n) is 7.83. The number of benzene rings is 1. The number of fused-ring (bicyclic) bond motifs is 1. The predicted molar refractivity (Wildman–Crippen MR) is 132 cm³/mol. The highest BCUT2D eigenvalue weighted by Gasteiger charge is 2.29. The topological polar surface area (TPSA) is 143 Å². The van der Waals surface area contributed by atoms with Gasteiger partial charge in [0.1, 0.15) is 17.6 Å². The number of aromatic nitrogens is 2. The SMILES string of the molecule is COc1ccc2c(c1)C(=O)N(C[C@@H](C#Cc1cnc(N3CCSCC3)nc1N)NC(=O)NC=O)C2. The van der Waals surface area contributed by atoms with E-state index in [2.05, 4.69) is 32.0 Å². The van der Waals surface area contributed by atoms with E-state index in [0.717, 1.165) is 30.2 Å². The first-order valence-corrected chi connectivity index (χ1v) is 12.1. The molecule has 2 aromatic rings. The molecule has 4 amide bonds. The molecule has 0 radical (unpaired) electrons. The number of nitrogens with two attached hydrogens (primary N) is 1. The summed E-state index contributed by atoms with van der Waals surface area (Å²) in [7, 11) is 1.54. The molecule has 0 saturated carbocycles. The number of carbonyl (C=O) groups is 3. The van der Waals surface area contributed by atoms with E-state index in [4.69, 9.17) is 10.5 Å². The van der Waals surface area contributed by atoms with Crippen LogP contribution in [0.1, 0.15) is 21.5 Å². The molecule has 4 N–H and O–H groups in total. The lowest BCUT2D eigenvalue weighted by Crippen LogP contribution is -2.46. The first-order valence-electron chi connectivity index (χ1n) is 10.9. The van der Waals surface area contributed by atoms with Crippen molar-refractivity contribution in [2.75, 3.05) is 48.9 Å². The lowest BCUT2D eigenvalue weighted by atomic mass is 10.1. The third-order valence-corrected chi connectivity index (χ3v) is 6.52. The van der Waals surface area contributed by atoms with Crippen molar-refractivity contribution in [3.8, 4) is 17.6 Å². The molecule has 11 nitrogen and oxygen atoms in total. The van der Waals surface area contributed by atoms with Crippen LogP contribution in [0, 0.1) is 11.8 Å². The second kappa shape index (κ2) is 11.0.